The van der Waals surface area contributed by atoms with Crippen LogP contribution in [-0.4, -0.2) is 16.9 Å². The van der Waals surface area contributed by atoms with Gasteiger partial charge >= 0.3 is 5.97 Å². The van der Waals surface area contributed by atoms with Gasteiger partial charge in [0.25, 0.3) is 0 Å². The number of carboxylic acid groups (broad SMARTS) is 1. The Balaban J connectivity index is 1.42. The number of aryl methyl sites for hydroxylation is 1. The third kappa shape index (κ3) is 11.3. The predicted octanol–water partition coefficient (Wildman–Crippen LogP) is 8.01. The number of benzene rings is 2. The SMILES string of the molecule is O=C(O)CCCCCCCCCCCCCCCc1ccc(C(=O)c2ccccc2)cc1. The first-order valence-corrected chi connectivity index (χ1v) is 12.6. The van der Waals surface area contributed by atoms with Crippen LogP contribution in [0.4, 0.5) is 0 Å². The summed E-state index contributed by atoms with van der Waals surface area (Å²) in [5.41, 5.74) is 2.82. The average Bonchev–Trinajstić information content (AvgIpc) is 2.82. The molecule has 0 unspecified atom stereocenters. The second-order valence-electron chi connectivity index (χ2n) is 8.88. The van der Waals surface area contributed by atoms with Crippen LogP contribution in [0.1, 0.15) is 111 Å². The fraction of sp³-hybridized carbons (Fsp3) is 0.517. The molecule has 1 N–H and O–H groups in total. The van der Waals surface area contributed by atoms with Gasteiger partial charge in [-0.2, -0.15) is 0 Å². The Morgan fingerprint density at radius 2 is 0.969 bits per heavy atom. The number of ketones is 1. The first kappa shape index (κ1) is 25.8. The standard InChI is InChI=1S/C29H40O3/c30-28(31)20-16-11-9-7-5-3-1-2-4-6-8-10-13-17-25-21-23-27(24-22-25)29(32)26-18-14-12-15-19-26/h12,14-15,18-19,21-24H,1-11,13,16-17,20H2,(H,30,31). The van der Waals surface area contributed by atoms with Crippen molar-refractivity contribution in [2.24, 2.45) is 0 Å². The maximum atomic E-state index is 12.5. The molecule has 0 spiro atoms. The van der Waals surface area contributed by atoms with E-state index in [9.17, 15) is 9.59 Å². The zero-order valence-electron chi connectivity index (χ0n) is 19.6. The van der Waals surface area contributed by atoms with Gasteiger partial charge in [-0.3, -0.25) is 9.59 Å². The van der Waals surface area contributed by atoms with Gasteiger partial charge in [0, 0.05) is 17.5 Å². The molecular weight excluding hydrogens is 396 g/mol. The van der Waals surface area contributed by atoms with E-state index in [0.717, 1.165) is 30.4 Å². The lowest BCUT2D eigenvalue weighted by atomic mass is 9.99. The Bertz CT molecular complexity index is 765. The zero-order chi connectivity index (χ0) is 22.9. The maximum absolute atomic E-state index is 12.5. The van der Waals surface area contributed by atoms with Crippen molar-refractivity contribution in [2.75, 3.05) is 0 Å². The smallest absolute Gasteiger partial charge is 0.303 e. The maximum Gasteiger partial charge on any atom is 0.303 e. The highest BCUT2D eigenvalue weighted by Gasteiger charge is 2.08. The summed E-state index contributed by atoms with van der Waals surface area (Å²) in [4.78, 5) is 22.9. The number of unbranched alkanes of at least 4 members (excludes halogenated alkanes) is 12. The molecule has 2 rings (SSSR count). The minimum absolute atomic E-state index is 0.0906. The second-order valence-corrected chi connectivity index (χ2v) is 8.88. The van der Waals surface area contributed by atoms with E-state index in [-0.39, 0.29) is 5.78 Å². The molecule has 0 heterocycles. The van der Waals surface area contributed by atoms with Crippen molar-refractivity contribution in [3.8, 4) is 0 Å². The van der Waals surface area contributed by atoms with Crippen molar-refractivity contribution in [1.29, 1.82) is 0 Å². The fourth-order valence-corrected chi connectivity index (χ4v) is 4.13. The monoisotopic (exact) mass is 436 g/mol. The Morgan fingerprint density at radius 3 is 1.47 bits per heavy atom. The van der Waals surface area contributed by atoms with Gasteiger partial charge in [0.2, 0.25) is 0 Å². The molecule has 0 saturated carbocycles. The molecular formula is C29H40O3. The number of hydrogen-bond acceptors (Lipinski definition) is 2. The zero-order valence-corrected chi connectivity index (χ0v) is 19.6. The van der Waals surface area contributed by atoms with Gasteiger partial charge in [0.15, 0.2) is 5.78 Å². The summed E-state index contributed by atoms with van der Waals surface area (Å²) in [5.74, 6) is -0.580. The van der Waals surface area contributed by atoms with Crippen LogP contribution in [0.15, 0.2) is 54.6 Å². The first-order chi connectivity index (χ1) is 15.7. The normalized spacial score (nSPS) is 10.9. The van der Waals surface area contributed by atoms with E-state index in [1.807, 2.05) is 42.5 Å². The van der Waals surface area contributed by atoms with Crippen molar-refractivity contribution in [3.63, 3.8) is 0 Å². The van der Waals surface area contributed by atoms with Crippen LogP contribution in [0.2, 0.25) is 0 Å². The molecule has 0 bridgehead atoms. The highest BCUT2D eigenvalue weighted by molar-refractivity contribution is 6.08. The number of carboxylic acids is 1. The van der Waals surface area contributed by atoms with E-state index >= 15 is 0 Å². The quantitative estimate of drug-likeness (QED) is 0.190. The van der Waals surface area contributed by atoms with Crippen LogP contribution in [0.3, 0.4) is 0 Å². The lowest BCUT2D eigenvalue weighted by Crippen LogP contribution is -2.01. The van der Waals surface area contributed by atoms with Crippen molar-refractivity contribution in [3.05, 3.63) is 71.3 Å². The Morgan fingerprint density at radius 1 is 0.531 bits per heavy atom. The van der Waals surface area contributed by atoms with E-state index in [2.05, 4.69) is 12.1 Å². The van der Waals surface area contributed by atoms with E-state index in [1.54, 1.807) is 0 Å². The van der Waals surface area contributed by atoms with Gasteiger partial charge in [-0.05, 0) is 24.8 Å². The number of carbonyl (C=O) groups excluding carboxylic acids is 1. The van der Waals surface area contributed by atoms with Gasteiger partial charge in [0.1, 0.15) is 0 Å². The Kier molecular flexibility index (Phi) is 13.1. The van der Waals surface area contributed by atoms with E-state index in [4.69, 9.17) is 5.11 Å². The van der Waals surface area contributed by atoms with Crippen LogP contribution in [0, 0.1) is 0 Å². The topological polar surface area (TPSA) is 54.4 Å². The number of aliphatic carboxylic acids is 1. The van der Waals surface area contributed by atoms with Crippen molar-refractivity contribution in [2.45, 2.75) is 96.3 Å². The van der Waals surface area contributed by atoms with Gasteiger partial charge in [-0.1, -0.05) is 125 Å². The molecule has 0 aliphatic heterocycles. The number of hydrogen-bond donors (Lipinski definition) is 1. The summed E-state index contributed by atoms with van der Waals surface area (Å²) in [6.07, 6.45) is 17.5. The van der Waals surface area contributed by atoms with Crippen LogP contribution < -0.4 is 0 Å². The molecule has 174 valence electrons. The highest BCUT2D eigenvalue weighted by Crippen LogP contribution is 2.15. The molecule has 2 aromatic rings. The van der Waals surface area contributed by atoms with Gasteiger partial charge in [-0.15, -0.1) is 0 Å². The molecule has 3 nitrogen and oxygen atoms in total. The lowest BCUT2D eigenvalue weighted by molar-refractivity contribution is -0.137. The highest BCUT2D eigenvalue weighted by atomic mass is 16.4. The molecule has 0 aliphatic rings. The van der Waals surface area contributed by atoms with Crippen molar-refractivity contribution < 1.29 is 14.7 Å². The summed E-state index contributed by atoms with van der Waals surface area (Å²) in [5, 5.41) is 8.61. The third-order valence-corrected chi connectivity index (χ3v) is 6.11. The summed E-state index contributed by atoms with van der Waals surface area (Å²) in [6, 6.07) is 17.6. The van der Waals surface area contributed by atoms with E-state index in [0.29, 0.717) is 6.42 Å². The number of rotatable bonds is 18. The van der Waals surface area contributed by atoms with Crippen LogP contribution >= 0.6 is 0 Å². The predicted molar refractivity (Wildman–Crippen MR) is 132 cm³/mol. The molecule has 0 radical (unpaired) electrons. The summed E-state index contributed by atoms with van der Waals surface area (Å²) < 4.78 is 0. The second kappa shape index (κ2) is 16.2. The molecule has 0 saturated heterocycles. The fourth-order valence-electron chi connectivity index (χ4n) is 4.13. The van der Waals surface area contributed by atoms with E-state index < -0.39 is 5.97 Å². The number of carbonyl (C=O) groups is 2. The summed E-state index contributed by atoms with van der Waals surface area (Å²) in [6.45, 7) is 0. The molecule has 0 aromatic heterocycles. The van der Waals surface area contributed by atoms with Crippen LogP contribution in [-0.2, 0) is 11.2 Å². The molecule has 0 amide bonds. The van der Waals surface area contributed by atoms with Crippen molar-refractivity contribution >= 4 is 11.8 Å². The van der Waals surface area contributed by atoms with E-state index in [1.165, 1.54) is 76.2 Å². The van der Waals surface area contributed by atoms with Crippen molar-refractivity contribution in [1.82, 2.24) is 0 Å². The van der Waals surface area contributed by atoms with Crippen LogP contribution in [0.25, 0.3) is 0 Å². The minimum Gasteiger partial charge on any atom is -0.481 e. The minimum atomic E-state index is -0.670. The first-order valence-electron chi connectivity index (χ1n) is 12.6. The lowest BCUT2D eigenvalue weighted by Gasteiger charge is -2.05. The molecule has 0 aliphatic carbocycles. The molecule has 0 atom stereocenters. The molecule has 2 aromatic carbocycles. The third-order valence-electron chi connectivity index (χ3n) is 6.11. The molecule has 3 heteroatoms. The molecule has 0 fully saturated rings. The summed E-state index contributed by atoms with van der Waals surface area (Å²) in [7, 11) is 0. The van der Waals surface area contributed by atoms with Gasteiger partial charge in [0.05, 0.1) is 0 Å². The Labute approximate surface area is 194 Å². The van der Waals surface area contributed by atoms with Gasteiger partial charge in [-0.25, -0.2) is 0 Å². The average molecular weight is 437 g/mol. The van der Waals surface area contributed by atoms with Gasteiger partial charge < -0.3 is 5.11 Å². The molecule has 32 heavy (non-hydrogen) atoms. The van der Waals surface area contributed by atoms with Crippen LogP contribution in [0.5, 0.6) is 0 Å². The summed E-state index contributed by atoms with van der Waals surface area (Å²) >= 11 is 0. The Hall–Kier alpha value is -2.42. The largest absolute Gasteiger partial charge is 0.481 e.